The predicted octanol–water partition coefficient (Wildman–Crippen LogP) is 3.53. The number of methoxy groups -OCH3 is 1. The molecular weight excluding hydrogens is 314 g/mol. The van der Waals surface area contributed by atoms with Gasteiger partial charge in [-0.15, -0.1) is 11.3 Å². The fourth-order valence-electron chi connectivity index (χ4n) is 1.74. The summed E-state index contributed by atoms with van der Waals surface area (Å²) in [5.41, 5.74) is 0. The topological polar surface area (TPSA) is 39.1 Å². The van der Waals surface area contributed by atoms with Gasteiger partial charge in [0.15, 0.2) is 0 Å². The molecule has 1 unspecified atom stereocenters. The van der Waals surface area contributed by atoms with Crippen molar-refractivity contribution < 1.29 is 4.74 Å². The molecule has 2 heterocycles. The molecule has 0 fully saturated rings. The summed E-state index contributed by atoms with van der Waals surface area (Å²) in [6.07, 6.45) is 3.77. The van der Waals surface area contributed by atoms with Crippen molar-refractivity contribution in [3.05, 3.63) is 33.2 Å². The summed E-state index contributed by atoms with van der Waals surface area (Å²) in [6.45, 7) is 3.56. The summed E-state index contributed by atoms with van der Waals surface area (Å²) in [5.74, 6) is 0.875. The van der Waals surface area contributed by atoms with Gasteiger partial charge in [0.05, 0.1) is 19.2 Å². The van der Waals surface area contributed by atoms with Gasteiger partial charge in [-0.25, -0.2) is 4.98 Å². The van der Waals surface area contributed by atoms with Crippen molar-refractivity contribution in [3.63, 3.8) is 0 Å². The van der Waals surface area contributed by atoms with E-state index in [0.29, 0.717) is 6.61 Å². The van der Waals surface area contributed by atoms with Crippen LogP contribution >= 0.6 is 27.3 Å². The molecule has 98 valence electrons. The van der Waals surface area contributed by atoms with Crippen LogP contribution in [-0.4, -0.2) is 23.3 Å². The number of halogens is 1. The molecule has 6 heteroatoms. The molecule has 0 aliphatic carbocycles. The van der Waals surface area contributed by atoms with Crippen LogP contribution in [0.5, 0.6) is 0 Å². The summed E-state index contributed by atoms with van der Waals surface area (Å²) >= 11 is 5.25. The van der Waals surface area contributed by atoms with Crippen LogP contribution in [0, 0.1) is 0 Å². The lowest BCUT2D eigenvalue weighted by atomic mass is 10.3. The van der Waals surface area contributed by atoms with E-state index in [2.05, 4.69) is 49.2 Å². The fourth-order valence-corrected chi connectivity index (χ4v) is 3.17. The number of ether oxygens (including phenoxy) is 1. The van der Waals surface area contributed by atoms with Crippen molar-refractivity contribution in [2.45, 2.75) is 19.5 Å². The highest BCUT2D eigenvalue weighted by molar-refractivity contribution is 9.10. The lowest BCUT2D eigenvalue weighted by Gasteiger charge is -2.15. The second-order valence-electron chi connectivity index (χ2n) is 4.01. The van der Waals surface area contributed by atoms with E-state index in [9.17, 15) is 0 Å². The maximum atomic E-state index is 5.17. The van der Waals surface area contributed by atoms with Crippen molar-refractivity contribution >= 4 is 33.2 Å². The number of thiophene rings is 1. The highest BCUT2D eigenvalue weighted by Gasteiger charge is 2.10. The average Bonchev–Trinajstić information content (AvgIpc) is 2.95. The summed E-state index contributed by atoms with van der Waals surface area (Å²) in [5, 5.41) is 5.42. The molecule has 18 heavy (non-hydrogen) atoms. The van der Waals surface area contributed by atoms with Crippen LogP contribution in [0.2, 0.25) is 0 Å². The molecule has 0 saturated heterocycles. The maximum Gasteiger partial charge on any atom is 0.203 e. The molecule has 2 rings (SSSR count). The number of nitrogens with one attached hydrogen (secondary N) is 1. The first-order chi connectivity index (χ1) is 8.72. The predicted molar refractivity (Wildman–Crippen MR) is 78.2 cm³/mol. The van der Waals surface area contributed by atoms with Gasteiger partial charge in [0, 0.05) is 28.9 Å². The molecule has 0 bridgehead atoms. The summed E-state index contributed by atoms with van der Waals surface area (Å²) in [7, 11) is 1.71. The lowest BCUT2D eigenvalue weighted by Crippen LogP contribution is -2.14. The van der Waals surface area contributed by atoms with Gasteiger partial charge in [-0.3, -0.25) is 0 Å². The van der Waals surface area contributed by atoms with E-state index >= 15 is 0 Å². The molecule has 4 nitrogen and oxygen atoms in total. The Morgan fingerprint density at radius 1 is 1.61 bits per heavy atom. The molecule has 0 saturated carbocycles. The van der Waals surface area contributed by atoms with Crippen LogP contribution in [0.25, 0.3) is 0 Å². The molecule has 0 amide bonds. The monoisotopic (exact) mass is 329 g/mol. The fraction of sp³-hybridized carbons (Fsp3) is 0.417. The minimum Gasteiger partial charge on any atom is -0.383 e. The number of hydrogen-bond acceptors (Lipinski definition) is 4. The van der Waals surface area contributed by atoms with E-state index in [-0.39, 0.29) is 6.04 Å². The third-order valence-electron chi connectivity index (χ3n) is 2.65. The number of anilines is 1. The Morgan fingerprint density at radius 2 is 2.44 bits per heavy atom. The van der Waals surface area contributed by atoms with Crippen molar-refractivity contribution in [1.82, 2.24) is 9.55 Å². The van der Waals surface area contributed by atoms with Crippen LogP contribution in [-0.2, 0) is 11.3 Å². The Bertz CT molecular complexity index is 497. The van der Waals surface area contributed by atoms with Gasteiger partial charge in [0.2, 0.25) is 5.95 Å². The molecule has 0 spiro atoms. The quantitative estimate of drug-likeness (QED) is 0.881. The smallest absolute Gasteiger partial charge is 0.203 e. The first-order valence-electron chi connectivity index (χ1n) is 5.70. The van der Waals surface area contributed by atoms with E-state index in [4.69, 9.17) is 4.74 Å². The van der Waals surface area contributed by atoms with E-state index in [1.807, 2.05) is 6.20 Å². The number of imidazole rings is 1. The van der Waals surface area contributed by atoms with Crippen LogP contribution in [0.4, 0.5) is 5.95 Å². The molecule has 0 radical (unpaired) electrons. The third kappa shape index (κ3) is 3.13. The number of rotatable bonds is 6. The van der Waals surface area contributed by atoms with Gasteiger partial charge in [-0.05, 0) is 34.3 Å². The summed E-state index contributed by atoms with van der Waals surface area (Å²) in [4.78, 5) is 5.60. The number of nitrogens with zero attached hydrogens (tertiary/aromatic N) is 2. The van der Waals surface area contributed by atoms with Crippen LogP contribution in [0.15, 0.2) is 28.3 Å². The number of hydrogen-bond donors (Lipinski definition) is 1. The first-order valence-corrected chi connectivity index (χ1v) is 7.37. The van der Waals surface area contributed by atoms with E-state index in [1.54, 1.807) is 24.6 Å². The zero-order valence-corrected chi connectivity index (χ0v) is 12.8. The third-order valence-corrected chi connectivity index (χ3v) is 4.58. The summed E-state index contributed by atoms with van der Waals surface area (Å²) in [6, 6.07) is 2.33. The van der Waals surface area contributed by atoms with Crippen molar-refractivity contribution in [2.75, 3.05) is 19.0 Å². The molecule has 2 aromatic heterocycles. The molecule has 0 aliphatic heterocycles. The second kappa shape index (κ2) is 6.36. The Kier molecular flexibility index (Phi) is 4.79. The van der Waals surface area contributed by atoms with Gasteiger partial charge in [-0.2, -0.15) is 0 Å². The average molecular weight is 330 g/mol. The molecule has 1 N–H and O–H groups in total. The van der Waals surface area contributed by atoms with Gasteiger partial charge in [0.25, 0.3) is 0 Å². The van der Waals surface area contributed by atoms with Crippen LogP contribution in [0.3, 0.4) is 0 Å². The second-order valence-corrected chi connectivity index (χ2v) is 5.86. The number of aromatic nitrogens is 2. The van der Waals surface area contributed by atoms with Gasteiger partial charge in [-0.1, -0.05) is 0 Å². The minimum absolute atomic E-state index is 0.270. The van der Waals surface area contributed by atoms with Crippen molar-refractivity contribution in [1.29, 1.82) is 0 Å². The Morgan fingerprint density at radius 3 is 3.11 bits per heavy atom. The molecular formula is C12H16BrN3OS. The normalized spacial score (nSPS) is 12.6. The largest absolute Gasteiger partial charge is 0.383 e. The zero-order valence-electron chi connectivity index (χ0n) is 10.4. The Labute approximate surface area is 119 Å². The lowest BCUT2D eigenvalue weighted by molar-refractivity contribution is 0.163. The van der Waals surface area contributed by atoms with Gasteiger partial charge in [0.1, 0.15) is 0 Å². The highest BCUT2D eigenvalue weighted by Crippen LogP contribution is 2.23. The zero-order chi connectivity index (χ0) is 13.0. The van der Waals surface area contributed by atoms with Crippen LogP contribution < -0.4 is 5.32 Å². The molecule has 0 aromatic carbocycles. The molecule has 1 atom stereocenters. The summed E-state index contributed by atoms with van der Waals surface area (Å²) < 4.78 is 8.40. The SMILES string of the molecule is COCC(C)n1ccnc1NCc1sccc1Br. The maximum absolute atomic E-state index is 5.17. The Hall–Kier alpha value is -0.850. The van der Waals surface area contributed by atoms with Crippen molar-refractivity contribution in [3.8, 4) is 0 Å². The Balaban J connectivity index is 2.02. The van der Waals surface area contributed by atoms with E-state index < -0.39 is 0 Å². The first kappa shape index (κ1) is 13.6. The van der Waals surface area contributed by atoms with E-state index in [0.717, 1.165) is 17.0 Å². The van der Waals surface area contributed by atoms with Gasteiger partial charge >= 0.3 is 0 Å². The molecule has 2 aromatic rings. The van der Waals surface area contributed by atoms with E-state index in [1.165, 1.54) is 4.88 Å². The standard InChI is InChI=1S/C12H16BrN3OS/c1-9(8-17-2)16-5-4-14-12(16)15-7-11-10(13)3-6-18-11/h3-6,9H,7-8H2,1-2H3,(H,14,15). The minimum atomic E-state index is 0.270. The highest BCUT2D eigenvalue weighted by atomic mass is 79.9. The van der Waals surface area contributed by atoms with Gasteiger partial charge < -0.3 is 14.6 Å². The van der Waals surface area contributed by atoms with Crippen LogP contribution in [0.1, 0.15) is 17.8 Å². The molecule has 0 aliphatic rings. The van der Waals surface area contributed by atoms with Crippen molar-refractivity contribution in [2.24, 2.45) is 0 Å².